The van der Waals surface area contributed by atoms with Crippen molar-refractivity contribution in [2.45, 2.75) is 6.42 Å². The number of nitrogens with one attached hydrogen (secondary N) is 3. The minimum atomic E-state index is 0.846. The molecule has 0 radical (unpaired) electrons. The van der Waals surface area contributed by atoms with Gasteiger partial charge in [0.15, 0.2) is 0 Å². The number of hydrazine groups is 1. The summed E-state index contributed by atoms with van der Waals surface area (Å²) in [6, 6.07) is 8.43. The summed E-state index contributed by atoms with van der Waals surface area (Å²) in [5, 5.41) is 6.49. The molecule has 0 saturated carbocycles. The van der Waals surface area contributed by atoms with E-state index in [4.69, 9.17) is 0 Å². The molecular formula is C15H17N5. The van der Waals surface area contributed by atoms with Crippen molar-refractivity contribution in [3.63, 3.8) is 0 Å². The number of benzene rings is 1. The zero-order valence-corrected chi connectivity index (χ0v) is 11.4. The first kappa shape index (κ1) is 11.4. The molecule has 1 aliphatic carbocycles. The summed E-state index contributed by atoms with van der Waals surface area (Å²) >= 11 is 0. The molecule has 0 spiro atoms. The minimum absolute atomic E-state index is 0.846. The average Bonchev–Trinajstić information content (AvgIpc) is 3.15. The fraction of sp³-hybridized carbons (Fsp3) is 0.267. The quantitative estimate of drug-likeness (QED) is 0.722. The Kier molecular flexibility index (Phi) is 2.45. The van der Waals surface area contributed by atoms with Crippen molar-refractivity contribution in [1.29, 1.82) is 0 Å². The Labute approximate surface area is 117 Å². The van der Waals surface area contributed by atoms with Gasteiger partial charge in [-0.25, -0.2) is 4.99 Å². The molecule has 2 aromatic rings. The van der Waals surface area contributed by atoms with Crippen molar-refractivity contribution >= 4 is 22.6 Å². The van der Waals surface area contributed by atoms with Crippen LogP contribution in [0.5, 0.6) is 0 Å². The molecule has 1 aromatic carbocycles. The van der Waals surface area contributed by atoms with Crippen molar-refractivity contribution in [3.8, 4) is 0 Å². The number of rotatable bonds is 2. The monoisotopic (exact) mass is 267 g/mol. The first-order valence-corrected chi connectivity index (χ1v) is 6.92. The second-order valence-electron chi connectivity index (χ2n) is 5.15. The third kappa shape index (κ3) is 1.66. The highest BCUT2D eigenvalue weighted by molar-refractivity contribution is 5.96. The van der Waals surface area contributed by atoms with Crippen LogP contribution in [-0.2, 0) is 6.42 Å². The number of aromatic nitrogens is 1. The van der Waals surface area contributed by atoms with E-state index in [1.54, 1.807) is 0 Å². The highest BCUT2D eigenvalue weighted by Crippen LogP contribution is 2.32. The maximum atomic E-state index is 4.42. The lowest BCUT2D eigenvalue weighted by molar-refractivity contribution is 0.433. The van der Waals surface area contributed by atoms with E-state index in [1.807, 2.05) is 12.1 Å². The first-order chi connectivity index (χ1) is 9.83. The Hall–Kier alpha value is -2.43. The smallest absolute Gasteiger partial charge is 0.212 e. The Morgan fingerprint density at radius 2 is 2.20 bits per heavy atom. The lowest BCUT2D eigenvalue weighted by Gasteiger charge is -2.22. The second kappa shape index (κ2) is 4.30. The van der Waals surface area contributed by atoms with Crippen LogP contribution in [0.25, 0.3) is 16.6 Å². The van der Waals surface area contributed by atoms with Gasteiger partial charge in [-0.05, 0) is 6.07 Å². The van der Waals surface area contributed by atoms with Crippen LogP contribution in [0.2, 0.25) is 0 Å². The molecule has 2 heterocycles. The van der Waals surface area contributed by atoms with Gasteiger partial charge in [-0.2, -0.15) is 0 Å². The minimum Gasteiger partial charge on any atom is -0.358 e. The number of H-pyrrole nitrogens is 1. The normalized spacial score (nSPS) is 16.6. The number of nitrogens with zero attached hydrogens (tertiary/aromatic N) is 2. The number of aromatic amines is 1. The largest absolute Gasteiger partial charge is 0.358 e. The number of hydrogen-bond acceptors (Lipinski definition) is 4. The van der Waals surface area contributed by atoms with Crippen LogP contribution in [0.3, 0.4) is 0 Å². The highest BCUT2D eigenvalue weighted by atomic mass is 15.6. The van der Waals surface area contributed by atoms with Gasteiger partial charge >= 0.3 is 0 Å². The third-order valence-corrected chi connectivity index (χ3v) is 3.83. The summed E-state index contributed by atoms with van der Waals surface area (Å²) in [6.45, 7) is 1.76. The van der Waals surface area contributed by atoms with Crippen LogP contribution in [0, 0.1) is 0 Å². The van der Waals surface area contributed by atoms with Crippen molar-refractivity contribution in [2.75, 3.05) is 20.1 Å². The van der Waals surface area contributed by atoms with Crippen LogP contribution >= 0.6 is 0 Å². The van der Waals surface area contributed by atoms with Crippen LogP contribution < -0.4 is 10.7 Å². The fourth-order valence-electron chi connectivity index (χ4n) is 2.91. The molecule has 1 aliphatic heterocycles. The van der Waals surface area contributed by atoms with Gasteiger partial charge in [0.25, 0.3) is 0 Å². The first-order valence-electron chi connectivity index (χ1n) is 6.92. The van der Waals surface area contributed by atoms with E-state index < -0.39 is 0 Å². The topological polar surface area (TPSA) is 55.5 Å². The van der Waals surface area contributed by atoms with Gasteiger partial charge in [0.2, 0.25) is 5.96 Å². The Bertz CT molecular complexity index is 725. The molecule has 0 atom stereocenters. The Balaban J connectivity index is 1.66. The maximum Gasteiger partial charge on any atom is 0.212 e. The van der Waals surface area contributed by atoms with Crippen molar-refractivity contribution < 1.29 is 0 Å². The summed E-state index contributed by atoms with van der Waals surface area (Å²) in [5.74, 6) is 0.902. The van der Waals surface area contributed by atoms with Crippen molar-refractivity contribution in [3.05, 3.63) is 41.6 Å². The molecule has 5 heteroatoms. The maximum absolute atomic E-state index is 4.42. The van der Waals surface area contributed by atoms with Crippen molar-refractivity contribution in [2.24, 2.45) is 4.99 Å². The van der Waals surface area contributed by atoms with E-state index in [0.717, 1.165) is 31.2 Å². The predicted octanol–water partition coefficient (Wildman–Crippen LogP) is 1.46. The molecule has 3 N–H and O–H groups in total. The lowest BCUT2D eigenvalue weighted by Crippen LogP contribution is -2.43. The van der Waals surface area contributed by atoms with E-state index >= 15 is 0 Å². The standard InChI is InChI=1S/C15H17N5/c1-20(15-16-8-9-17-15)19-13-7-6-12-14(13)10-4-2-3-5-11(10)18-12/h2-5,7,18-19H,6,8-9H2,1H3,(H,16,17). The number of guanidine groups is 1. The van der Waals surface area contributed by atoms with Gasteiger partial charge in [0.05, 0.1) is 12.2 Å². The molecule has 0 saturated heterocycles. The van der Waals surface area contributed by atoms with Crippen LogP contribution in [0.4, 0.5) is 0 Å². The van der Waals surface area contributed by atoms with Gasteiger partial charge in [-0.1, -0.05) is 24.3 Å². The number of para-hydroxylation sites is 1. The summed E-state index contributed by atoms with van der Waals surface area (Å²) < 4.78 is 0. The molecule has 20 heavy (non-hydrogen) atoms. The molecule has 102 valence electrons. The number of allylic oxidation sites excluding steroid dienone is 1. The van der Waals surface area contributed by atoms with Crippen LogP contribution in [-0.4, -0.2) is 36.1 Å². The molecule has 0 amide bonds. The third-order valence-electron chi connectivity index (χ3n) is 3.83. The van der Waals surface area contributed by atoms with E-state index in [1.165, 1.54) is 22.2 Å². The predicted molar refractivity (Wildman–Crippen MR) is 81.2 cm³/mol. The molecule has 2 aliphatic rings. The van der Waals surface area contributed by atoms with E-state index in [-0.39, 0.29) is 0 Å². The lowest BCUT2D eigenvalue weighted by atomic mass is 10.1. The number of aliphatic imine (C=N–C) groups is 1. The van der Waals surface area contributed by atoms with Gasteiger partial charge in [-0.3, -0.25) is 10.4 Å². The average molecular weight is 267 g/mol. The summed E-state index contributed by atoms with van der Waals surface area (Å²) in [4.78, 5) is 7.91. The number of hydrogen-bond donors (Lipinski definition) is 3. The van der Waals surface area contributed by atoms with Crippen LogP contribution in [0.15, 0.2) is 35.3 Å². The molecule has 5 nitrogen and oxygen atoms in total. The fourth-order valence-corrected chi connectivity index (χ4v) is 2.91. The zero-order chi connectivity index (χ0) is 13.5. The summed E-state index contributed by atoms with van der Waals surface area (Å²) in [5.41, 5.74) is 8.35. The summed E-state index contributed by atoms with van der Waals surface area (Å²) in [7, 11) is 1.99. The highest BCUT2D eigenvalue weighted by Gasteiger charge is 2.21. The van der Waals surface area contributed by atoms with Gasteiger partial charge < -0.3 is 10.3 Å². The zero-order valence-electron chi connectivity index (χ0n) is 11.4. The Morgan fingerprint density at radius 1 is 1.30 bits per heavy atom. The van der Waals surface area contributed by atoms with E-state index in [0.29, 0.717) is 0 Å². The molecule has 0 unspecified atom stereocenters. The molecule has 0 fully saturated rings. The summed E-state index contributed by atoms with van der Waals surface area (Å²) in [6.07, 6.45) is 3.17. The molecular weight excluding hydrogens is 250 g/mol. The second-order valence-corrected chi connectivity index (χ2v) is 5.15. The van der Waals surface area contributed by atoms with E-state index in [2.05, 4.69) is 51.1 Å². The SMILES string of the molecule is CN(NC1=CCc2[nH]c3ccccc3c21)C1=NCCN1. The molecule has 4 rings (SSSR count). The van der Waals surface area contributed by atoms with Crippen LogP contribution in [0.1, 0.15) is 11.3 Å². The van der Waals surface area contributed by atoms with Gasteiger partial charge in [0, 0.05) is 42.2 Å². The van der Waals surface area contributed by atoms with Crippen molar-refractivity contribution in [1.82, 2.24) is 20.7 Å². The molecule has 1 aromatic heterocycles. The Morgan fingerprint density at radius 3 is 3.05 bits per heavy atom. The number of fused-ring (bicyclic) bond motifs is 3. The molecule has 0 bridgehead atoms. The van der Waals surface area contributed by atoms with E-state index in [9.17, 15) is 0 Å². The van der Waals surface area contributed by atoms with Gasteiger partial charge in [0.1, 0.15) is 0 Å². The van der Waals surface area contributed by atoms with Gasteiger partial charge in [-0.15, -0.1) is 0 Å².